The maximum absolute atomic E-state index is 13.1. The molecule has 4 aromatic rings. The van der Waals surface area contributed by atoms with Crippen molar-refractivity contribution in [2.75, 3.05) is 21.3 Å². The maximum Gasteiger partial charge on any atom is 0.343 e. The quantitative estimate of drug-likeness (QED) is 0.498. The molecule has 0 bridgehead atoms. The fraction of sp³-hybridized carbons (Fsp3) is 0.158. The Morgan fingerprint density at radius 3 is 2.61 bits per heavy atom. The molecular weight excluding hydrogens is 364 g/mol. The Morgan fingerprint density at radius 2 is 1.89 bits per heavy atom. The van der Waals surface area contributed by atoms with Crippen LogP contribution in [-0.2, 0) is 4.74 Å². The zero-order valence-electron chi connectivity index (χ0n) is 15.4. The van der Waals surface area contributed by atoms with Crippen LogP contribution in [0.15, 0.2) is 47.7 Å². The first kappa shape index (κ1) is 17.5. The van der Waals surface area contributed by atoms with Gasteiger partial charge in [-0.2, -0.15) is 5.10 Å². The molecule has 28 heavy (non-hydrogen) atoms. The summed E-state index contributed by atoms with van der Waals surface area (Å²) in [7, 11) is 4.36. The highest BCUT2D eigenvalue weighted by atomic mass is 16.5. The zero-order valence-corrected chi connectivity index (χ0v) is 15.4. The fourth-order valence-corrected chi connectivity index (χ4v) is 3.04. The highest BCUT2D eigenvalue weighted by Crippen LogP contribution is 2.27. The van der Waals surface area contributed by atoms with Gasteiger partial charge in [0.15, 0.2) is 5.65 Å². The Morgan fingerprint density at radius 1 is 1.07 bits per heavy atom. The van der Waals surface area contributed by atoms with Gasteiger partial charge in [-0.3, -0.25) is 9.36 Å². The van der Waals surface area contributed by atoms with E-state index in [-0.39, 0.29) is 11.1 Å². The molecule has 0 amide bonds. The van der Waals surface area contributed by atoms with Gasteiger partial charge in [0.1, 0.15) is 17.1 Å². The lowest BCUT2D eigenvalue weighted by molar-refractivity contribution is 0.0602. The minimum Gasteiger partial charge on any atom is -0.497 e. The first-order chi connectivity index (χ1) is 13.6. The number of hydrogen-bond donors (Lipinski definition) is 0. The van der Waals surface area contributed by atoms with Gasteiger partial charge in [0.05, 0.1) is 44.1 Å². The second-order valence-corrected chi connectivity index (χ2v) is 5.87. The van der Waals surface area contributed by atoms with Gasteiger partial charge in [-0.25, -0.2) is 14.3 Å². The van der Waals surface area contributed by atoms with E-state index in [1.807, 2.05) is 0 Å². The number of rotatable bonds is 4. The van der Waals surface area contributed by atoms with Crippen LogP contribution in [0.5, 0.6) is 11.5 Å². The fourth-order valence-electron chi connectivity index (χ4n) is 3.04. The van der Waals surface area contributed by atoms with E-state index in [4.69, 9.17) is 14.2 Å². The number of aromatic nitrogens is 4. The summed E-state index contributed by atoms with van der Waals surface area (Å²) >= 11 is 0. The third-order valence-electron chi connectivity index (χ3n) is 4.45. The number of methoxy groups -OCH3 is 3. The first-order valence-corrected chi connectivity index (χ1v) is 8.28. The lowest BCUT2D eigenvalue weighted by Gasteiger charge is -2.13. The minimum atomic E-state index is -0.543. The summed E-state index contributed by atoms with van der Waals surface area (Å²) in [4.78, 5) is 29.2. The van der Waals surface area contributed by atoms with Crippen LogP contribution in [0.4, 0.5) is 0 Å². The number of esters is 1. The van der Waals surface area contributed by atoms with Crippen LogP contribution in [-0.4, -0.2) is 46.5 Å². The van der Waals surface area contributed by atoms with Crippen molar-refractivity contribution in [3.8, 4) is 17.2 Å². The smallest absolute Gasteiger partial charge is 0.343 e. The van der Waals surface area contributed by atoms with E-state index in [9.17, 15) is 9.59 Å². The van der Waals surface area contributed by atoms with Gasteiger partial charge in [-0.15, -0.1) is 0 Å². The van der Waals surface area contributed by atoms with E-state index in [1.165, 1.54) is 35.7 Å². The molecule has 9 heteroatoms. The SMILES string of the molecule is COC(=O)c1cnn2c1ncc1c(=O)n(-c3ccc(OC)cc3OC)ccc12. The van der Waals surface area contributed by atoms with Crippen LogP contribution >= 0.6 is 0 Å². The predicted octanol–water partition coefficient (Wildman–Crippen LogP) is 1.84. The third kappa shape index (κ3) is 2.56. The zero-order chi connectivity index (χ0) is 19.8. The number of benzene rings is 1. The number of carbonyl (C=O) groups excluding carboxylic acids is 1. The van der Waals surface area contributed by atoms with Crippen LogP contribution < -0.4 is 15.0 Å². The highest BCUT2D eigenvalue weighted by Gasteiger charge is 2.18. The van der Waals surface area contributed by atoms with Crippen molar-refractivity contribution in [3.05, 3.63) is 58.8 Å². The van der Waals surface area contributed by atoms with Gasteiger partial charge in [0.2, 0.25) is 0 Å². The average Bonchev–Trinajstić information content (AvgIpc) is 3.17. The Balaban J connectivity index is 1.95. The molecule has 0 radical (unpaired) electrons. The van der Waals surface area contributed by atoms with Crippen molar-refractivity contribution >= 4 is 22.5 Å². The molecule has 142 valence electrons. The number of ether oxygens (including phenoxy) is 3. The molecule has 3 aromatic heterocycles. The molecular formula is C19H16N4O5. The third-order valence-corrected chi connectivity index (χ3v) is 4.45. The van der Waals surface area contributed by atoms with Crippen LogP contribution in [0.3, 0.4) is 0 Å². The van der Waals surface area contributed by atoms with E-state index in [0.717, 1.165) is 0 Å². The lowest BCUT2D eigenvalue weighted by atomic mass is 10.2. The Kier molecular flexibility index (Phi) is 4.19. The average molecular weight is 380 g/mol. The van der Waals surface area contributed by atoms with Crippen molar-refractivity contribution in [1.82, 2.24) is 19.2 Å². The molecule has 9 nitrogen and oxygen atoms in total. The summed E-state index contributed by atoms with van der Waals surface area (Å²) in [6.45, 7) is 0. The molecule has 0 N–H and O–H groups in total. The molecule has 0 spiro atoms. The lowest BCUT2D eigenvalue weighted by Crippen LogP contribution is -2.19. The van der Waals surface area contributed by atoms with Crippen LogP contribution in [0.2, 0.25) is 0 Å². The second kappa shape index (κ2) is 6.69. The van der Waals surface area contributed by atoms with E-state index in [1.54, 1.807) is 37.6 Å². The molecule has 1 aromatic carbocycles. The van der Waals surface area contributed by atoms with Crippen molar-refractivity contribution < 1.29 is 19.0 Å². The molecule has 0 unspecified atom stereocenters. The normalized spacial score (nSPS) is 11.0. The number of carbonyl (C=O) groups is 1. The van der Waals surface area contributed by atoms with Crippen molar-refractivity contribution in [2.45, 2.75) is 0 Å². The molecule has 0 aliphatic heterocycles. The molecule has 0 aliphatic carbocycles. The number of hydrogen-bond acceptors (Lipinski definition) is 7. The van der Waals surface area contributed by atoms with Gasteiger partial charge in [0.25, 0.3) is 5.56 Å². The molecule has 0 aliphatic rings. The molecule has 0 saturated carbocycles. The second-order valence-electron chi connectivity index (χ2n) is 5.87. The van der Waals surface area contributed by atoms with E-state index >= 15 is 0 Å². The topological polar surface area (TPSA) is 97.0 Å². The van der Waals surface area contributed by atoms with Crippen LogP contribution in [0.1, 0.15) is 10.4 Å². The summed E-state index contributed by atoms with van der Waals surface area (Å²) in [5.74, 6) is 0.560. The molecule has 0 atom stereocenters. The number of fused-ring (bicyclic) bond motifs is 3. The van der Waals surface area contributed by atoms with Gasteiger partial charge in [-0.1, -0.05) is 0 Å². The minimum absolute atomic E-state index is 0.227. The van der Waals surface area contributed by atoms with Gasteiger partial charge in [0, 0.05) is 18.5 Å². The first-order valence-electron chi connectivity index (χ1n) is 8.28. The predicted molar refractivity (Wildman–Crippen MR) is 101 cm³/mol. The molecule has 4 rings (SSSR count). The summed E-state index contributed by atoms with van der Waals surface area (Å²) < 4.78 is 18.2. The summed E-state index contributed by atoms with van der Waals surface area (Å²) in [6.07, 6.45) is 4.41. The van der Waals surface area contributed by atoms with Crippen molar-refractivity contribution in [1.29, 1.82) is 0 Å². The van der Waals surface area contributed by atoms with E-state index < -0.39 is 5.97 Å². The van der Waals surface area contributed by atoms with E-state index in [2.05, 4.69) is 10.1 Å². The van der Waals surface area contributed by atoms with Gasteiger partial charge in [-0.05, 0) is 18.2 Å². The van der Waals surface area contributed by atoms with Crippen molar-refractivity contribution in [2.24, 2.45) is 0 Å². The Hall–Kier alpha value is -3.88. The molecule has 3 heterocycles. The highest BCUT2D eigenvalue weighted by molar-refractivity contribution is 5.96. The Labute approximate surface area is 158 Å². The van der Waals surface area contributed by atoms with Gasteiger partial charge < -0.3 is 14.2 Å². The Bertz CT molecular complexity index is 1270. The van der Waals surface area contributed by atoms with Crippen LogP contribution in [0, 0.1) is 0 Å². The van der Waals surface area contributed by atoms with Gasteiger partial charge >= 0.3 is 5.97 Å². The monoisotopic (exact) mass is 380 g/mol. The van der Waals surface area contributed by atoms with Crippen LogP contribution in [0.25, 0.3) is 22.2 Å². The number of pyridine rings is 1. The summed E-state index contributed by atoms with van der Waals surface area (Å²) in [6, 6.07) is 6.90. The molecule has 0 fully saturated rings. The maximum atomic E-state index is 13.1. The number of nitrogens with zero attached hydrogens (tertiary/aromatic N) is 4. The van der Waals surface area contributed by atoms with E-state index in [0.29, 0.717) is 33.7 Å². The largest absolute Gasteiger partial charge is 0.497 e. The summed E-state index contributed by atoms with van der Waals surface area (Å²) in [5.41, 5.74) is 1.33. The standard InChI is InChI=1S/C19H16N4O5/c1-26-11-4-5-15(16(8-11)27-2)22-7-6-14-12(18(22)24)9-20-17-13(19(25)28-3)10-21-23(14)17/h4-10H,1-3H3. The van der Waals surface area contributed by atoms with Crippen molar-refractivity contribution in [3.63, 3.8) is 0 Å². The summed E-state index contributed by atoms with van der Waals surface area (Å²) in [5, 5.41) is 4.52. The molecule has 0 saturated heterocycles.